The van der Waals surface area contributed by atoms with Crippen molar-refractivity contribution < 1.29 is 18.3 Å². The highest BCUT2D eigenvalue weighted by atomic mass is 19.1. The van der Waals surface area contributed by atoms with Gasteiger partial charge in [0.15, 0.2) is 0 Å². The Kier molecular flexibility index (Phi) is 5.91. The summed E-state index contributed by atoms with van der Waals surface area (Å²) in [5, 5.41) is 2.88. The van der Waals surface area contributed by atoms with Crippen LogP contribution in [0.3, 0.4) is 0 Å². The molecule has 3 heterocycles. The number of halogens is 2. The zero-order valence-corrected chi connectivity index (χ0v) is 19.8. The zero-order chi connectivity index (χ0) is 24.8. The van der Waals surface area contributed by atoms with Crippen LogP contribution in [-0.2, 0) is 6.42 Å². The van der Waals surface area contributed by atoms with Crippen molar-refractivity contribution in [3.05, 3.63) is 71.2 Å². The van der Waals surface area contributed by atoms with Gasteiger partial charge in [0.2, 0.25) is 0 Å². The molecule has 3 atom stereocenters. The Labute approximate surface area is 208 Å². The molecule has 1 aromatic carbocycles. The molecule has 2 aliphatic carbocycles. The Hall–Kier alpha value is -3.39. The van der Waals surface area contributed by atoms with Crippen LogP contribution in [0.2, 0.25) is 0 Å². The van der Waals surface area contributed by atoms with Crippen LogP contribution in [-0.4, -0.2) is 28.5 Å². The number of nitrogens with two attached hydrogens (primary N) is 1. The molecule has 2 fully saturated rings. The molecule has 2 saturated carbocycles. The van der Waals surface area contributed by atoms with E-state index < -0.39 is 17.5 Å². The Morgan fingerprint density at radius 1 is 1.08 bits per heavy atom. The van der Waals surface area contributed by atoms with E-state index in [0.29, 0.717) is 35.9 Å². The van der Waals surface area contributed by atoms with Gasteiger partial charge in [-0.15, -0.1) is 0 Å². The number of benzene rings is 1. The number of fused-ring (bicyclic) bond motifs is 8. The van der Waals surface area contributed by atoms with Crippen molar-refractivity contribution in [2.24, 2.45) is 17.6 Å². The minimum atomic E-state index is -0.687. The summed E-state index contributed by atoms with van der Waals surface area (Å²) in [7, 11) is 0. The Bertz CT molecular complexity index is 1330. The Balaban J connectivity index is 1.50. The van der Waals surface area contributed by atoms with Gasteiger partial charge in [-0.2, -0.15) is 0 Å². The topological polar surface area (TPSA) is 90.1 Å². The van der Waals surface area contributed by atoms with Crippen molar-refractivity contribution in [3.8, 4) is 17.0 Å². The van der Waals surface area contributed by atoms with Gasteiger partial charge in [-0.05, 0) is 91.7 Å². The van der Waals surface area contributed by atoms with Gasteiger partial charge in [0.05, 0.1) is 18.5 Å². The average molecular weight is 491 g/mol. The normalized spacial score (nSPS) is 23.3. The molecule has 3 unspecified atom stereocenters. The quantitative estimate of drug-likeness (QED) is 0.525. The predicted molar refractivity (Wildman–Crippen MR) is 132 cm³/mol. The van der Waals surface area contributed by atoms with E-state index >= 15 is 8.78 Å². The van der Waals surface area contributed by atoms with E-state index in [-0.39, 0.29) is 34.8 Å². The van der Waals surface area contributed by atoms with E-state index in [1.54, 1.807) is 18.5 Å². The first-order valence-corrected chi connectivity index (χ1v) is 12.6. The standard InChI is InChI=1S/C28H28F2N4O2/c29-22-3-4-24-28(35)34-25-13-32-6-5-21(25)17-7-16(9-19(31)10-17)8-18-11-20(36-14-15-1-2-15)12-23(30)26(18)27(22)33-24/h3-6,11-13,15-17,19H,1-2,7-10,14,31H2,(H,34,35). The molecule has 3 N–H and O–H groups in total. The fraction of sp³-hybridized carbons (Fsp3) is 0.393. The number of aromatic nitrogens is 2. The van der Waals surface area contributed by atoms with E-state index in [0.717, 1.165) is 43.7 Å². The summed E-state index contributed by atoms with van der Waals surface area (Å²) >= 11 is 0. The fourth-order valence-electron chi connectivity index (χ4n) is 5.66. The predicted octanol–water partition coefficient (Wildman–Crippen LogP) is 5.23. The Morgan fingerprint density at radius 3 is 2.78 bits per heavy atom. The summed E-state index contributed by atoms with van der Waals surface area (Å²) in [6.45, 7) is 0.543. The minimum absolute atomic E-state index is 0.000432. The second kappa shape index (κ2) is 9.24. The highest BCUT2D eigenvalue weighted by Gasteiger charge is 2.32. The second-order valence-electron chi connectivity index (χ2n) is 10.4. The molecule has 0 spiro atoms. The molecule has 1 aliphatic heterocycles. The number of pyridine rings is 2. The van der Waals surface area contributed by atoms with Gasteiger partial charge in [0.1, 0.15) is 28.8 Å². The van der Waals surface area contributed by atoms with E-state index in [4.69, 9.17) is 10.5 Å². The molecule has 0 radical (unpaired) electrons. The third-order valence-electron chi connectivity index (χ3n) is 7.54. The van der Waals surface area contributed by atoms with Crippen molar-refractivity contribution in [2.45, 2.75) is 50.5 Å². The third-order valence-corrected chi connectivity index (χ3v) is 7.54. The molecule has 186 valence electrons. The van der Waals surface area contributed by atoms with E-state index in [2.05, 4.69) is 15.3 Å². The van der Waals surface area contributed by atoms with Crippen LogP contribution < -0.4 is 15.8 Å². The van der Waals surface area contributed by atoms with Crippen molar-refractivity contribution >= 4 is 11.6 Å². The highest BCUT2D eigenvalue weighted by Crippen LogP contribution is 2.42. The number of rotatable bonds is 3. The summed E-state index contributed by atoms with van der Waals surface area (Å²) < 4.78 is 36.6. The maximum Gasteiger partial charge on any atom is 0.274 e. The number of carbonyl (C=O) groups excluding carboxylic acids is 1. The first kappa shape index (κ1) is 23.0. The van der Waals surface area contributed by atoms with E-state index in [1.807, 2.05) is 6.07 Å². The lowest BCUT2D eigenvalue weighted by Crippen LogP contribution is -2.33. The van der Waals surface area contributed by atoms with Crippen molar-refractivity contribution in [2.75, 3.05) is 11.9 Å². The number of hydrogen-bond donors (Lipinski definition) is 2. The maximum absolute atomic E-state index is 15.6. The molecule has 1 amide bonds. The van der Waals surface area contributed by atoms with Gasteiger partial charge in [0, 0.05) is 23.9 Å². The number of nitrogens with one attached hydrogen (secondary N) is 1. The number of hydrogen-bond acceptors (Lipinski definition) is 5. The van der Waals surface area contributed by atoms with Crippen LogP contribution in [0.4, 0.5) is 14.5 Å². The molecule has 6 rings (SSSR count). The van der Waals surface area contributed by atoms with Crippen molar-refractivity contribution in [1.29, 1.82) is 0 Å². The summed E-state index contributed by atoms with van der Waals surface area (Å²) in [6.07, 6.45) is 8.42. The lowest BCUT2D eigenvalue weighted by atomic mass is 9.73. The largest absolute Gasteiger partial charge is 0.493 e. The Morgan fingerprint density at radius 2 is 1.94 bits per heavy atom. The van der Waals surface area contributed by atoms with Crippen LogP contribution in [0.15, 0.2) is 42.7 Å². The van der Waals surface area contributed by atoms with Crippen LogP contribution in [0.5, 0.6) is 5.75 Å². The van der Waals surface area contributed by atoms with Gasteiger partial charge in [-0.1, -0.05) is 0 Å². The maximum atomic E-state index is 15.6. The van der Waals surface area contributed by atoms with Crippen LogP contribution in [0, 0.1) is 23.5 Å². The number of nitrogens with zero attached hydrogens (tertiary/aromatic N) is 2. The summed E-state index contributed by atoms with van der Waals surface area (Å²) in [6, 6.07) is 7.44. The monoisotopic (exact) mass is 490 g/mol. The second-order valence-corrected chi connectivity index (χ2v) is 10.4. The molecule has 4 bridgehead atoms. The van der Waals surface area contributed by atoms with Gasteiger partial charge in [-0.25, -0.2) is 13.8 Å². The van der Waals surface area contributed by atoms with Gasteiger partial charge < -0.3 is 15.8 Å². The first-order valence-electron chi connectivity index (χ1n) is 12.6. The molecular weight excluding hydrogens is 462 g/mol. The summed E-state index contributed by atoms with van der Waals surface area (Å²) in [5.41, 5.74) is 8.57. The van der Waals surface area contributed by atoms with Crippen LogP contribution in [0.1, 0.15) is 59.6 Å². The smallest absolute Gasteiger partial charge is 0.274 e. The van der Waals surface area contributed by atoms with Gasteiger partial charge in [-0.3, -0.25) is 9.78 Å². The van der Waals surface area contributed by atoms with Crippen LogP contribution in [0.25, 0.3) is 11.3 Å². The molecule has 8 heteroatoms. The SMILES string of the molecule is NC1CC2Cc3cc(OCC4CC4)cc(F)c3-c3nc(ccc3F)C(=O)Nc3cnccc3C(C1)C2. The number of amides is 1. The average Bonchev–Trinajstić information content (AvgIpc) is 3.67. The lowest BCUT2D eigenvalue weighted by Gasteiger charge is -2.34. The van der Waals surface area contributed by atoms with Crippen molar-refractivity contribution in [1.82, 2.24) is 9.97 Å². The van der Waals surface area contributed by atoms with E-state index in [9.17, 15) is 4.79 Å². The minimum Gasteiger partial charge on any atom is -0.493 e. The molecule has 36 heavy (non-hydrogen) atoms. The molecule has 0 saturated heterocycles. The molecule has 2 aromatic heterocycles. The number of ether oxygens (including phenoxy) is 1. The molecular formula is C28H28F2N4O2. The third kappa shape index (κ3) is 4.57. The first-order chi connectivity index (χ1) is 17.4. The van der Waals surface area contributed by atoms with Gasteiger partial charge >= 0.3 is 0 Å². The van der Waals surface area contributed by atoms with E-state index in [1.165, 1.54) is 12.1 Å². The van der Waals surface area contributed by atoms with Crippen LogP contribution >= 0.6 is 0 Å². The van der Waals surface area contributed by atoms with Gasteiger partial charge in [0.25, 0.3) is 5.91 Å². The number of anilines is 1. The summed E-state index contributed by atoms with van der Waals surface area (Å²) in [4.78, 5) is 21.6. The lowest BCUT2D eigenvalue weighted by molar-refractivity contribution is 0.102. The summed E-state index contributed by atoms with van der Waals surface area (Å²) in [5.74, 6) is -0.612. The molecule has 6 nitrogen and oxygen atoms in total. The number of carbonyl (C=O) groups is 1. The highest BCUT2D eigenvalue weighted by molar-refractivity contribution is 6.03. The zero-order valence-electron chi connectivity index (χ0n) is 19.8. The van der Waals surface area contributed by atoms with Crippen molar-refractivity contribution in [3.63, 3.8) is 0 Å². The fourth-order valence-corrected chi connectivity index (χ4v) is 5.66. The molecule has 3 aliphatic rings. The molecule has 3 aromatic rings.